The van der Waals surface area contributed by atoms with Gasteiger partial charge in [0, 0.05) is 56.8 Å². The second-order valence-corrected chi connectivity index (χ2v) is 7.03. The summed E-state index contributed by atoms with van der Waals surface area (Å²) in [5.41, 5.74) is 3.71. The molecule has 1 saturated heterocycles. The fourth-order valence-corrected chi connectivity index (χ4v) is 3.26. The summed E-state index contributed by atoms with van der Waals surface area (Å²) in [5.74, 6) is -0.130. The quantitative estimate of drug-likeness (QED) is 0.928. The molecule has 1 aliphatic rings. The van der Waals surface area contributed by atoms with E-state index >= 15 is 0 Å². The Morgan fingerprint density at radius 1 is 1.16 bits per heavy atom. The van der Waals surface area contributed by atoms with Crippen LogP contribution in [0, 0.1) is 6.92 Å². The molecule has 6 heteroatoms. The van der Waals surface area contributed by atoms with Gasteiger partial charge in [-0.05, 0) is 44.5 Å². The van der Waals surface area contributed by atoms with Crippen LogP contribution in [0.15, 0.2) is 30.6 Å². The zero-order chi connectivity index (χ0) is 18.0. The molecule has 0 radical (unpaired) electrons. The van der Waals surface area contributed by atoms with Crippen LogP contribution < -0.4 is 10.2 Å². The molecule has 1 aromatic carbocycles. The number of carbonyl (C=O) groups is 1. The third-order valence-electron chi connectivity index (χ3n) is 4.70. The van der Waals surface area contributed by atoms with Gasteiger partial charge in [-0.15, -0.1) is 0 Å². The van der Waals surface area contributed by atoms with Gasteiger partial charge in [0.2, 0.25) is 0 Å². The summed E-state index contributed by atoms with van der Waals surface area (Å²) in [6.07, 6.45) is 3.30. The number of nitrogens with zero attached hydrogens (tertiary/aromatic N) is 4. The minimum Gasteiger partial charge on any atom is -0.369 e. The molecule has 0 atom stereocenters. The number of anilines is 2. The molecular formula is C19H27N5O. The second-order valence-electron chi connectivity index (χ2n) is 7.03. The standard InChI is InChI=1S/C19H27N5O/c1-14(2)23-5-7-24(8-6-23)18-10-15(3)9-17(11-18)21-19(25)16-12-20-22(4)13-16/h9-14H,5-8H2,1-4H3,(H,21,25). The summed E-state index contributed by atoms with van der Waals surface area (Å²) in [5, 5.41) is 7.04. The van der Waals surface area contributed by atoms with Crippen LogP contribution >= 0.6 is 0 Å². The maximum atomic E-state index is 12.4. The second kappa shape index (κ2) is 7.27. The normalized spacial score (nSPS) is 15.6. The minimum atomic E-state index is -0.130. The number of hydrogen-bond donors (Lipinski definition) is 1. The molecular weight excluding hydrogens is 314 g/mol. The Morgan fingerprint density at radius 2 is 1.88 bits per heavy atom. The molecule has 1 aromatic heterocycles. The number of carbonyl (C=O) groups excluding carboxylic acids is 1. The number of rotatable bonds is 4. The Hall–Kier alpha value is -2.34. The van der Waals surface area contributed by atoms with E-state index in [1.165, 1.54) is 5.69 Å². The summed E-state index contributed by atoms with van der Waals surface area (Å²) in [4.78, 5) is 17.3. The topological polar surface area (TPSA) is 53.4 Å². The van der Waals surface area contributed by atoms with Crippen LogP contribution in [0.1, 0.15) is 29.8 Å². The van der Waals surface area contributed by atoms with Gasteiger partial charge in [-0.25, -0.2) is 0 Å². The Kier molecular flexibility index (Phi) is 5.08. The maximum Gasteiger partial charge on any atom is 0.258 e. The number of nitrogens with one attached hydrogen (secondary N) is 1. The highest BCUT2D eigenvalue weighted by Gasteiger charge is 2.19. The number of piperazine rings is 1. The molecule has 0 saturated carbocycles. The van der Waals surface area contributed by atoms with Gasteiger partial charge in [-0.2, -0.15) is 5.10 Å². The molecule has 0 bridgehead atoms. The summed E-state index contributed by atoms with van der Waals surface area (Å²) in [6, 6.07) is 6.84. The van der Waals surface area contributed by atoms with Gasteiger partial charge in [-0.3, -0.25) is 14.4 Å². The Labute approximate surface area is 149 Å². The van der Waals surface area contributed by atoms with Gasteiger partial charge in [0.05, 0.1) is 11.8 Å². The first-order valence-corrected chi connectivity index (χ1v) is 8.83. The third kappa shape index (κ3) is 4.20. The average molecular weight is 341 g/mol. The van der Waals surface area contributed by atoms with E-state index in [1.807, 2.05) is 6.07 Å². The van der Waals surface area contributed by atoms with Crippen molar-refractivity contribution in [3.05, 3.63) is 41.7 Å². The summed E-state index contributed by atoms with van der Waals surface area (Å²) in [7, 11) is 1.80. The van der Waals surface area contributed by atoms with Gasteiger partial charge >= 0.3 is 0 Å². The Morgan fingerprint density at radius 3 is 2.48 bits per heavy atom. The van der Waals surface area contributed by atoms with Crippen LogP contribution in [0.5, 0.6) is 0 Å². The maximum absolute atomic E-state index is 12.4. The first-order valence-electron chi connectivity index (χ1n) is 8.83. The molecule has 1 fully saturated rings. The van der Waals surface area contributed by atoms with Crippen molar-refractivity contribution in [2.24, 2.45) is 7.05 Å². The van der Waals surface area contributed by atoms with Crippen molar-refractivity contribution >= 4 is 17.3 Å². The van der Waals surface area contributed by atoms with Crippen molar-refractivity contribution in [3.8, 4) is 0 Å². The number of hydrogen-bond acceptors (Lipinski definition) is 4. The highest BCUT2D eigenvalue weighted by molar-refractivity contribution is 6.04. The Bertz CT molecular complexity index is 744. The van der Waals surface area contributed by atoms with Crippen molar-refractivity contribution in [1.82, 2.24) is 14.7 Å². The van der Waals surface area contributed by atoms with Gasteiger partial charge in [0.1, 0.15) is 0 Å². The minimum absolute atomic E-state index is 0.130. The van der Waals surface area contributed by atoms with Crippen LogP contribution in [0.3, 0.4) is 0 Å². The molecule has 25 heavy (non-hydrogen) atoms. The molecule has 0 unspecified atom stereocenters. The van der Waals surface area contributed by atoms with E-state index in [2.05, 4.69) is 53.1 Å². The van der Waals surface area contributed by atoms with Gasteiger partial charge < -0.3 is 10.2 Å². The van der Waals surface area contributed by atoms with E-state index < -0.39 is 0 Å². The molecule has 3 rings (SSSR count). The summed E-state index contributed by atoms with van der Waals surface area (Å²) >= 11 is 0. The third-order valence-corrected chi connectivity index (χ3v) is 4.70. The molecule has 2 heterocycles. The van der Waals surface area contributed by atoms with E-state index in [4.69, 9.17) is 0 Å². The lowest BCUT2D eigenvalue weighted by molar-refractivity contribution is 0.102. The van der Waals surface area contributed by atoms with E-state index in [1.54, 1.807) is 24.1 Å². The molecule has 0 spiro atoms. The van der Waals surface area contributed by atoms with Gasteiger partial charge in [-0.1, -0.05) is 0 Å². The zero-order valence-electron chi connectivity index (χ0n) is 15.5. The van der Waals surface area contributed by atoms with Crippen molar-refractivity contribution in [2.75, 3.05) is 36.4 Å². The average Bonchev–Trinajstić information content (AvgIpc) is 3.01. The van der Waals surface area contributed by atoms with E-state index in [-0.39, 0.29) is 5.91 Å². The lowest BCUT2D eigenvalue weighted by Crippen LogP contribution is -2.48. The van der Waals surface area contributed by atoms with E-state index in [9.17, 15) is 4.79 Å². The monoisotopic (exact) mass is 341 g/mol. The highest BCUT2D eigenvalue weighted by atomic mass is 16.1. The van der Waals surface area contributed by atoms with Gasteiger partial charge in [0.25, 0.3) is 5.91 Å². The van der Waals surface area contributed by atoms with Crippen LogP contribution in [-0.2, 0) is 7.05 Å². The first kappa shape index (κ1) is 17.5. The number of aryl methyl sites for hydroxylation is 2. The fraction of sp³-hybridized carbons (Fsp3) is 0.474. The number of aromatic nitrogens is 2. The van der Waals surface area contributed by atoms with Crippen molar-refractivity contribution in [2.45, 2.75) is 26.8 Å². The molecule has 1 aliphatic heterocycles. The van der Waals surface area contributed by atoms with Crippen molar-refractivity contribution in [1.29, 1.82) is 0 Å². The zero-order valence-corrected chi connectivity index (χ0v) is 15.5. The lowest BCUT2D eigenvalue weighted by Gasteiger charge is -2.38. The number of amides is 1. The van der Waals surface area contributed by atoms with Crippen LogP contribution in [-0.4, -0.2) is 52.8 Å². The highest BCUT2D eigenvalue weighted by Crippen LogP contribution is 2.24. The van der Waals surface area contributed by atoms with E-state index in [0.29, 0.717) is 11.6 Å². The smallest absolute Gasteiger partial charge is 0.258 e. The van der Waals surface area contributed by atoms with E-state index in [0.717, 1.165) is 37.4 Å². The molecule has 1 amide bonds. The molecule has 2 aromatic rings. The largest absolute Gasteiger partial charge is 0.369 e. The van der Waals surface area contributed by atoms with Crippen molar-refractivity contribution < 1.29 is 4.79 Å². The summed E-state index contributed by atoms with van der Waals surface area (Å²) in [6.45, 7) is 10.7. The molecule has 0 aliphatic carbocycles. The number of benzene rings is 1. The summed E-state index contributed by atoms with van der Waals surface area (Å²) < 4.78 is 1.63. The first-order chi connectivity index (χ1) is 11.9. The predicted octanol–water partition coefficient (Wildman–Crippen LogP) is 2.51. The van der Waals surface area contributed by atoms with Gasteiger partial charge in [0.15, 0.2) is 0 Å². The van der Waals surface area contributed by atoms with Crippen LogP contribution in [0.25, 0.3) is 0 Å². The van der Waals surface area contributed by atoms with Crippen LogP contribution in [0.4, 0.5) is 11.4 Å². The lowest BCUT2D eigenvalue weighted by atomic mass is 10.1. The Balaban J connectivity index is 1.71. The fourth-order valence-electron chi connectivity index (χ4n) is 3.26. The molecule has 134 valence electrons. The molecule has 6 nitrogen and oxygen atoms in total. The van der Waals surface area contributed by atoms with Crippen LogP contribution in [0.2, 0.25) is 0 Å². The predicted molar refractivity (Wildman–Crippen MR) is 101 cm³/mol. The SMILES string of the molecule is Cc1cc(NC(=O)c2cnn(C)c2)cc(N2CCN(C(C)C)CC2)c1. The molecule has 1 N–H and O–H groups in total. The van der Waals surface area contributed by atoms with Crippen molar-refractivity contribution in [3.63, 3.8) is 0 Å².